The van der Waals surface area contributed by atoms with E-state index in [1.807, 2.05) is 19.1 Å². The molecule has 1 saturated carbocycles. The topological polar surface area (TPSA) is 99.3 Å². The minimum atomic E-state index is -3.26. The average molecular weight is 510 g/mol. The number of sulfonamides is 1. The SMILES string of the molecule is Cc1ccc2c(c1)N(c1ccc(N)cc1)C(=O)N(C1CCN(S(C)(=O)=O)CC1)N=C2C1CCCCC1. The van der Waals surface area contributed by atoms with Gasteiger partial charge in [0, 0.05) is 30.3 Å². The van der Waals surface area contributed by atoms with Gasteiger partial charge in [-0.3, -0.25) is 4.90 Å². The van der Waals surface area contributed by atoms with E-state index in [1.54, 1.807) is 22.0 Å². The highest BCUT2D eigenvalue weighted by molar-refractivity contribution is 7.88. The van der Waals surface area contributed by atoms with Gasteiger partial charge in [0.2, 0.25) is 10.0 Å². The predicted octanol–water partition coefficient (Wildman–Crippen LogP) is 4.86. The van der Waals surface area contributed by atoms with Gasteiger partial charge >= 0.3 is 6.03 Å². The van der Waals surface area contributed by atoms with E-state index in [0.717, 1.165) is 53.9 Å². The molecular weight excluding hydrogens is 474 g/mol. The van der Waals surface area contributed by atoms with Gasteiger partial charge < -0.3 is 5.73 Å². The summed E-state index contributed by atoms with van der Waals surface area (Å²) in [6, 6.07) is 13.2. The summed E-state index contributed by atoms with van der Waals surface area (Å²) in [5.74, 6) is 0.290. The lowest BCUT2D eigenvalue weighted by Gasteiger charge is -2.36. The third kappa shape index (κ3) is 4.86. The third-order valence-corrected chi connectivity index (χ3v) is 8.96. The van der Waals surface area contributed by atoms with E-state index < -0.39 is 10.0 Å². The molecule has 2 amide bonds. The minimum Gasteiger partial charge on any atom is -0.399 e. The van der Waals surface area contributed by atoms with Crippen LogP contribution in [0.25, 0.3) is 0 Å². The zero-order chi connectivity index (χ0) is 25.4. The molecular formula is C27H35N5O3S. The monoisotopic (exact) mass is 509 g/mol. The van der Waals surface area contributed by atoms with Crippen molar-refractivity contribution in [2.24, 2.45) is 11.0 Å². The lowest BCUT2D eigenvalue weighted by molar-refractivity contribution is 0.155. The third-order valence-electron chi connectivity index (χ3n) is 7.65. The lowest BCUT2D eigenvalue weighted by atomic mass is 9.82. The van der Waals surface area contributed by atoms with Crippen molar-refractivity contribution in [3.05, 3.63) is 53.6 Å². The number of carbonyl (C=O) groups is 1. The predicted molar refractivity (Wildman–Crippen MR) is 144 cm³/mol. The Morgan fingerprint density at radius 3 is 2.25 bits per heavy atom. The Labute approximate surface area is 213 Å². The number of hydrogen-bond donors (Lipinski definition) is 1. The molecule has 3 aliphatic rings. The number of nitrogens with two attached hydrogens (primary N) is 1. The van der Waals surface area contributed by atoms with E-state index in [9.17, 15) is 13.2 Å². The molecule has 1 saturated heterocycles. The Hall–Kier alpha value is -2.91. The van der Waals surface area contributed by atoms with Crippen molar-refractivity contribution in [2.45, 2.75) is 57.9 Å². The van der Waals surface area contributed by atoms with Crippen LogP contribution in [0.5, 0.6) is 0 Å². The summed E-state index contributed by atoms with van der Waals surface area (Å²) in [5.41, 5.74) is 11.2. The molecule has 2 aliphatic heterocycles. The molecule has 2 heterocycles. The van der Waals surface area contributed by atoms with Crippen LogP contribution in [0.3, 0.4) is 0 Å². The molecule has 0 radical (unpaired) electrons. The molecule has 9 heteroatoms. The summed E-state index contributed by atoms with van der Waals surface area (Å²) in [4.78, 5) is 16.0. The number of nitrogens with zero attached hydrogens (tertiary/aromatic N) is 4. The van der Waals surface area contributed by atoms with E-state index in [1.165, 1.54) is 17.0 Å². The van der Waals surface area contributed by atoms with E-state index in [-0.39, 0.29) is 18.0 Å². The molecule has 0 unspecified atom stereocenters. The van der Waals surface area contributed by atoms with Crippen molar-refractivity contribution in [2.75, 3.05) is 30.0 Å². The summed E-state index contributed by atoms with van der Waals surface area (Å²) >= 11 is 0. The largest absolute Gasteiger partial charge is 0.399 e. The van der Waals surface area contributed by atoms with Crippen LogP contribution >= 0.6 is 0 Å². The zero-order valence-corrected chi connectivity index (χ0v) is 21.9. The van der Waals surface area contributed by atoms with Crippen LogP contribution in [0.15, 0.2) is 47.6 Å². The highest BCUT2D eigenvalue weighted by Gasteiger charge is 2.39. The standard InChI is InChI=1S/C27H35N5O3S/c1-19-8-13-24-25(18-19)31(22-11-9-21(28)10-12-22)27(33)32(29-26(24)20-6-4-3-5-7-20)23-14-16-30(17-15-23)36(2,34)35/h8-13,18,20,23H,3-7,14-17,28H2,1-2H3. The fraction of sp³-hybridized carbons (Fsp3) is 0.481. The Balaban J connectivity index is 1.61. The van der Waals surface area contributed by atoms with Gasteiger partial charge in [-0.2, -0.15) is 5.10 Å². The summed E-state index contributed by atoms with van der Waals surface area (Å²) in [5, 5.41) is 6.77. The number of anilines is 3. The van der Waals surface area contributed by atoms with Gasteiger partial charge in [-0.25, -0.2) is 22.5 Å². The van der Waals surface area contributed by atoms with Crippen LogP contribution in [-0.4, -0.2) is 54.9 Å². The molecule has 2 aromatic rings. The number of urea groups is 1. The lowest BCUT2D eigenvalue weighted by Crippen LogP contribution is -2.49. The summed E-state index contributed by atoms with van der Waals surface area (Å²) in [7, 11) is -3.26. The van der Waals surface area contributed by atoms with E-state index in [2.05, 4.69) is 18.2 Å². The van der Waals surface area contributed by atoms with E-state index in [0.29, 0.717) is 31.6 Å². The second kappa shape index (κ2) is 9.86. The quantitative estimate of drug-likeness (QED) is 0.595. The number of fused-ring (bicyclic) bond motifs is 1. The van der Waals surface area contributed by atoms with Crippen LogP contribution in [0, 0.1) is 12.8 Å². The van der Waals surface area contributed by atoms with E-state index in [4.69, 9.17) is 10.8 Å². The number of hydrogen-bond acceptors (Lipinski definition) is 5. The maximum absolute atomic E-state index is 14.3. The van der Waals surface area contributed by atoms with Gasteiger partial charge in [-0.15, -0.1) is 0 Å². The second-order valence-corrected chi connectivity index (χ2v) is 12.3. The molecule has 36 heavy (non-hydrogen) atoms. The van der Waals surface area contributed by atoms with Crippen LogP contribution < -0.4 is 10.6 Å². The molecule has 0 atom stereocenters. The van der Waals surface area contributed by atoms with Crippen LogP contribution in [0.4, 0.5) is 21.9 Å². The highest BCUT2D eigenvalue weighted by Crippen LogP contribution is 2.39. The summed E-state index contributed by atoms with van der Waals surface area (Å²) in [6.07, 6.45) is 8.00. The van der Waals surface area contributed by atoms with Gasteiger partial charge in [0.25, 0.3) is 0 Å². The molecule has 5 rings (SSSR count). The van der Waals surface area contributed by atoms with Gasteiger partial charge in [-0.05, 0) is 68.5 Å². The Bertz CT molecular complexity index is 1260. The first-order valence-corrected chi connectivity index (χ1v) is 14.7. The number of hydrazone groups is 1. The Morgan fingerprint density at radius 1 is 0.944 bits per heavy atom. The number of piperidine rings is 1. The molecule has 1 aliphatic carbocycles. The normalized spacial score (nSPS) is 20.7. The van der Waals surface area contributed by atoms with Crippen molar-refractivity contribution >= 4 is 38.8 Å². The zero-order valence-electron chi connectivity index (χ0n) is 21.1. The maximum atomic E-state index is 14.3. The smallest absolute Gasteiger partial charge is 0.349 e. The number of carbonyl (C=O) groups excluding carboxylic acids is 1. The molecule has 0 aromatic heterocycles. The number of aryl methyl sites for hydroxylation is 1. The average Bonchev–Trinajstić information content (AvgIpc) is 2.98. The number of benzene rings is 2. The van der Waals surface area contributed by atoms with Crippen molar-refractivity contribution < 1.29 is 13.2 Å². The molecule has 0 spiro atoms. The molecule has 2 fully saturated rings. The first-order chi connectivity index (χ1) is 17.2. The van der Waals surface area contributed by atoms with Crippen LogP contribution in [0.2, 0.25) is 0 Å². The van der Waals surface area contributed by atoms with Crippen molar-refractivity contribution in [3.8, 4) is 0 Å². The Morgan fingerprint density at radius 2 is 1.61 bits per heavy atom. The maximum Gasteiger partial charge on any atom is 0.349 e. The van der Waals surface area contributed by atoms with Crippen molar-refractivity contribution in [1.82, 2.24) is 9.31 Å². The van der Waals surface area contributed by atoms with E-state index >= 15 is 0 Å². The minimum absolute atomic E-state index is 0.180. The number of nitrogen functional groups attached to an aromatic ring is 1. The van der Waals surface area contributed by atoms with Gasteiger partial charge in [0.05, 0.1) is 29.4 Å². The summed E-state index contributed by atoms with van der Waals surface area (Å²) < 4.78 is 25.7. The molecule has 192 valence electrons. The molecule has 8 nitrogen and oxygen atoms in total. The first kappa shape index (κ1) is 24.8. The highest BCUT2D eigenvalue weighted by atomic mass is 32.2. The molecule has 0 bridgehead atoms. The number of rotatable bonds is 4. The second-order valence-electron chi connectivity index (χ2n) is 10.3. The number of amides is 2. The van der Waals surface area contributed by atoms with Crippen LogP contribution in [0.1, 0.15) is 56.1 Å². The van der Waals surface area contributed by atoms with Crippen LogP contribution in [-0.2, 0) is 10.0 Å². The fourth-order valence-electron chi connectivity index (χ4n) is 5.67. The van der Waals surface area contributed by atoms with Gasteiger partial charge in [0.15, 0.2) is 0 Å². The fourth-order valence-corrected chi connectivity index (χ4v) is 6.54. The molecule has 2 N–H and O–H groups in total. The van der Waals surface area contributed by atoms with Crippen molar-refractivity contribution in [3.63, 3.8) is 0 Å². The van der Waals surface area contributed by atoms with Gasteiger partial charge in [-0.1, -0.05) is 31.4 Å². The summed E-state index contributed by atoms with van der Waals surface area (Å²) in [6.45, 7) is 2.80. The van der Waals surface area contributed by atoms with Gasteiger partial charge in [0.1, 0.15) is 0 Å². The first-order valence-electron chi connectivity index (χ1n) is 12.9. The van der Waals surface area contributed by atoms with Crippen molar-refractivity contribution in [1.29, 1.82) is 0 Å². The molecule has 2 aromatic carbocycles. The Kier molecular flexibility index (Phi) is 6.78.